The van der Waals surface area contributed by atoms with E-state index in [9.17, 15) is 14.4 Å². The highest BCUT2D eigenvalue weighted by atomic mass is 32.2. The number of carbonyl (C=O) groups is 1. The number of hydrogen-bond acceptors (Lipinski definition) is 6. The van der Waals surface area contributed by atoms with Crippen LogP contribution >= 0.6 is 11.8 Å². The number of carbonyl (C=O) groups excluding carboxylic acids is 1. The standard InChI is InChI=1S/C17H19FN4O2S/c1-10(2)17(4,9-19)20-14(23)11(3)25-16-22-21-15(24-16)12-7-5-6-8-13(12)18/h5-8,10-11H,1-4H3,(H,20,23)/t11-,17-/m0/s1. The molecular formula is C17H19FN4O2S. The van der Waals surface area contributed by atoms with Gasteiger partial charge in [0.25, 0.3) is 11.1 Å². The van der Waals surface area contributed by atoms with Crippen LogP contribution in [0.2, 0.25) is 0 Å². The van der Waals surface area contributed by atoms with Crippen molar-refractivity contribution in [2.24, 2.45) is 5.92 Å². The molecule has 1 amide bonds. The summed E-state index contributed by atoms with van der Waals surface area (Å²) in [7, 11) is 0. The first kappa shape index (κ1) is 18.9. The maximum atomic E-state index is 13.7. The lowest BCUT2D eigenvalue weighted by Gasteiger charge is -2.28. The molecule has 6 nitrogen and oxygen atoms in total. The van der Waals surface area contributed by atoms with Crippen molar-refractivity contribution in [1.29, 1.82) is 5.26 Å². The van der Waals surface area contributed by atoms with Crippen LogP contribution in [0.1, 0.15) is 27.7 Å². The zero-order chi connectivity index (χ0) is 18.6. The second-order valence-electron chi connectivity index (χ2n) is 6.07. The first-order chi connectivity index (χ1) is 11.8. The molecular weight excluding hydrogens is 343 g/mol. The molecule has 25 heavy (non-hydrogen) atoms. The van der Waals surface area contributed by atoms with Gasteiger partial charge in [-0.2, -0.15) is 5.26 Å². The summed E-state index contributed by atoms with van der Waals surface area (Å²) in [4.78, 5) is 12.3. The first-order valence-corrected chi connectivity index (χ1v) is 8.63. The molecule has 0 fully saturated rings. The van der Waals surface area contributed by atoms with E-state index in [1.165, 1.54) is 12.1 Å². The Balaban J connectivity index is 2.07. The van der Waals surface area contributed by atoms with Crippen molar-refractivity contribution < 1.29 is 13.6 Å². The highest BCUT2D eigenvalue weighted by molar-refractivity contribution is 8.00. The lowest BCUT2D eigenvalue weighted by Crippen LogP contribution is -2.51. The van der Waals surface area contributed by atoms with E-state index < -0.39 is 16.6 Å². The molecule has 2 rings (SSSR count). The van der Waals surface area contributed by atoms with Gasteiger partial charge in [-0.05, 0) is 31.9 Å². The Bertz CT molecular complexity index is 802. The lowest BCUT2D eigenvalue weighted by atomic mass is 9.90. The number of aromatic nitrogens is 2. The monoisotopic (exact) mass is 362 g/mol. The summed E-state index contributed by atoms with van der Waals surface area (Å²) in [6.07, 6.45) is 0. The van der Waals surface area contributed by atoms with Gasteiger partial charge < -0.3 is 9.73 Å². The van der Waals surface area contributed by atoms with Crippen molar-refractivity contribution in [1.82, 2.24) is 15.5 Å². The average molecular weight is 362 g/mol. The topological polar surface area (TPSA) is 91.8 Å². The molecule has 1 aromatic carbocycles. The number of benzene rings is 1. The SMILES string of the molecule is CC(C)[C@](C)(C#N)NC(=O)[C@H](C)Sc1nnc(-c2ccccc2F)o1. The van der Waals surface area contributed by atoms with E-state index >= 15 is 0 Å². The normalized spacial score (nSPS) is 14.6. The van der Waals surface area contributed by atoms with Crippen LogP contribution in [0.15, 0.2) is 33.9 Å². The van der Waals surface area contributed by atoms with Gasteiger partial charge in [-0.3, -0.25) is 4.79 Å². The molecule has 0 saturated carbocycles. The van der Waals surface area contributed by atoms with Crippen LogP contribution in [0.3, 0.4) is 0 Å². The number of hydrogen-bond donors (Lipinski definition) is 1. The molecule has 0 aliphatic rings. The fourth-order valence-electron chi connectivity index (χ4n) is 1.86. The Labute approximate surface area is 149 Å². The van der Waals surface area contributed by atoms with Crippen LogP contribution in [-0.2, 0) is 4.79 Å². The van der Waals surface area contributed by atoms with E-state index in [0.717, 1.165) is 11.8 Å². The van der Waals surface area contributed by atoms with Crippen LogP contribution in [0.4, 0.5) is 4.39 Å². The van der Waals surface area contributed by atoms with Crippen LogP contribution < -0.4 is 5.32 Å². The van der Waals surface area contributed by atoms with E-state index in [4.69, 9.17) is 4.42 Å². The number of nitrogens with one attached hydrogen (secondary N) is 1. The van der Waals surface area contributed by atoms with Crippen LogP contribution in [-0.4, -0.2) is 26.9 Å². The van der Waals surface area contributed by atoms with Crippen molar-refractivity contribution >= 4 is 17.7 Å². The Morgan fingerprint density at radius 1 is 1.36 bits per heavy atom. The van der Waals surface area contributed by atoms with Crippen molar-refractivity contribution in [3.8, 4) is 17.5 Å². The Hall–Kier alpha value is -2.40. The molecule has 0 aliphatic heterocycles. The molecule has 2 atom stereocenters. The van der Waals surface area contributed by atoms with Crippen LogP contribution in [0.25, 0.3) is 11.5 Å². The molecule has 0 unspecified atom stereocenters. The van der Waals surface area contributed by atoms with Gasteiger partial charge in [0.15, 0.2) is 0 Å². The minimum absolute atomic E-state index is 0.0466. The maximum absolute atomic E-state index is 13.7. The molecule has 0 spiro atoms. The highest BCUT2D eigenvalue weighted by Crippen LogP contribution is 2.28. The largest absolute Gasteiger partial charge is 0.411 e. The Kier molecular flexibility index (Phi) is 5.80. The van der Waals surface area contributed by atoms with Gasteiger partial charge in [-0.15, -0.1) is 10.2 Å². The molecule has 1 N–H and O–H groups in total. The van der Waals surface area contributed by atoms with E-state index in [1.807, 2.05) is 13.8 Å². The predicted molar refractivity (Wildman–Crippen MR) is 92.0 cm³/mol. The van der Waals surface area contributed by atoms with Crippen LogP contribution in [0.5, 0.6) is 0 Å². The summed E-state index contributed by atoms with van der Waals surface area (Å²) in [6, 6.07) is 8.20. The minimum atomic E-state index is -0.959. The highest BCUT2D eigenvalue weighted by Gasteiger charge is 2.32. The van der Waals surface area contributed by atoms with Gasteiger partial charge in [-0.25, -0.2) is 4.39 Å². The fourth-order valence-corrected chi connectivity index (χ4v) is 2.55. The van der Waals surface area contributed by atoms with Crippen LogP contribution in [0, 0.1) is 23.1 Å². The second kappa shape index (κ2) is 7.66. The molecule has 0 radical (unpaired) electrons. The summed E-state index contributed by atoms with van der Waals surface area (Å²) >= 11 is 1.05. The Morgan fingerprint density at radius 3 is 2.64 bits per heavy atom. The minimum Gasteiger partial charge on any atom is -0.411 e. The summed E-state index contributed by atoms with van der Waals surface area (Å²) < 4.78 is 19.2. The zero-order valence-corrected chi connectivity index (χ0v) is 15.2. The van der Waals surface area contributed by atoms with E-state index in [1.54, 1.807) is 26.0 Å². The van der Waals surface area contributed by atoms with Gasteiger partial charge in [0.05, 0.1) is 16.9 Å². The smallest absolute Gasteiger partial charge is 0.277 e. The predicted octanol–water partition coefficient (Wildman–Crippen LogP) is 3.41. The molecule has 2 aromatic rings. The first-order valence-electron chi connectivity index (χ1n) is 7.75. The second-order valence-corrected chi connectivity index (χ2v) is 7.36. The van der Waals surface area contributed by atoms with Gasteiger partial charge >= 0.3 is 0 Å². The van der Waals surface area contributed by atoms with Gasteiger partial charge in [0.1, 0.15) is 11.4 Å². The van der Waals surface area contributed by atoms with E-state index in [2.05, 4.69) is 21.6 Å². The zero-order valence-electron chi connectivity index (χ0n) is 14.4. The third-order valence-corrected chi connectivity index (χ3v) is 4.86. The van der Waals surface area contributed by atoms with Gasteiger partial charge in [0.2, 0.25) is 5.91 Å². The number of nitriles is 1. The third kappa shape index (κ3) is 4.37. The van der Waals surface area contributed by atoms with Crippen molar-refractivity contribution in [3.05, 3.63) is 30.1 Å². The third-order valence-electron chi connectivity index (χ3n) is 3.93. The summed E-state index contributed by atoms with van der Waals surface area (Å²) in [6.45, 7) is 7.07. The number of thioether (sulfide) groups is 1. The van der Waals surface area contributed by atoms with Gasteiger partial charge in [-0.1, -0.05) is 37.7 Å². The number of halogens is 1. The molecule has 1 aromatic heterocycles. The molecule has 132 valence electrons. The lowest BCUT2D eigenvalue weighted by molar-refractivity contribution is -0.121. The summed E-state index contributed by atoms with van der Waals surface area (Å²) in [5.74, 6) is -0.768. The number of rotatable bonds is 6. The quantitative estimate of drug-likeness (QED) is 0.792. The van der Waals surface area contributed by atoms with E-state index in [0.29, 0.717) is 0 Å². The molecule has 0 aliphatic carbocycles. The Morgan fingerprint density at radius 2 is 2.04 bits per heavy atom. The molecule has 0 bridgehead atoms. The van der Waals surface area contributed by atoms with Gasteiger partial charge in [0, 0.05) is 0 Å². The van der Waals surface area contributed by atoms with Crippen molar-refractivity contribution in [3.63, 3.8) is 0 Å². The average Bonchev–Trinajstić information content (AvgIpc) is 3.03. The van der Waals surface area contributed by atoms with E-state index in [-0.39, 0.29) is 28.5 Å². The maximum Gasteiger partial charge on any atom is 0.277 e. The molecule has 0 saturated heterocycles. The summed E-state index contributed by atoms with van der Waals surface area (Å²) in [5, 5.41) is 19.3. The number of amides is 1. The number of nitrogens with zero attached hydrogens (tertiary/aromatic N) is 3. The van der Waals surface area contributed by atoms with Crippen molar-refractivity contribution in [2.45, 2.75) is 43.7 Å². The fraction of sp³-hybridized carbons (Fsp3) is 0.412. The molecule has 1 heterocycles. The van der Waals surface area contributed by atoms with Crippen molar-refractivity contribution in [2.75, 3.05) is 0 Å². The summed E-state index contributed by atoms with van der Waals surface area (Å²) in [5.41, 5.74) is -0.755. The molecule has 8 heteroatoms.